The van der Waals surface area contributed by atoms with Crippen LogP contribution in [0.1, 0.15) is 20.3 Å². The van der Waals surface area contributed by atoms with Crippen molar-refractivity contribution in [2.75, 3.05) is 6.54 Å². The summed E-state index contributed by atoms with van der Waals surface area (Å²) in [6, 6.07) is 0. The Hall–Kier alpha value is -2.02. The largest absolute Gasteiger partial charge is 0.347 e. The molecule has 0 atom stereocenters. The molecular weight excluding hydrogens is 242 g/mol. The maximum Gasteiger partial charge on any atom is 0.0479 e. The smallest absolute Gasteiger partial charge is 0.0479 e. The lowest BCUT2D eigenvalue weighted by atomic mass is 10.0. The zero-order chi connectivity index (χ0) is 14.5. The number of hydrogen-bond acceptors (Lipinski definition) is 1. The minimum absolute atomic E-state index is 0.525. The Labute approximate surface area is 122 Å². The van der Waals surface area contributed by atoms with Gasteiger partial charge in [0.1, 0.15) is 0 Å². The molecule has 1 aliphatic heterocycles. The highest BCUT2D eigenvalue weighted by Gasteiger charge is 2.23. The Kier molecular flexibility index (Phi) is 4.62. The van der Waals surface area contributed by atoms with Crippen molar-refractivity contribution >= 4 is 0 Å². The second-order valence-corrected chi connectivity index (χ2v) is 5.45. The Morgan fingerprint density at radius 1 is 1.30 bits per heavy atom. The third kappa shape index (κ3) is 3.11. The highest BCUT2D eigenvalue weighted by Crippen LogP contribution is 2.33. The van der Waals surface area contributed by atoms with Crippen LogP contribution in [0.15, 0.2) is 84.3 Å². The van der Waals surface area contributed by atoms with E-state index >= 15 is 0 Å². The minimum Gasteiger partial charge on any atom is -0.347 e. The van der Waals surface area contributed by atoms with Crippen molar-refractivity contribution in [3.05, 3.63) is 84.3 Å². The zero-order valence-corrected chi connectivity index (χ0v) is 12.5. The van der Waals surface area contributed by atoms with Gasteiger partial charge in [-0.15, -0.1) is 0 Å². The molecule has 0 aromatic rings. The quantitative estimate of drug-likeness (QED) is 0.653. The SMILES string of the molecule is C=CC(=C/C(C)C)/C=C1\CN(C=C)C2=C1C=CC=CC2. The van der Waals surface area contributed by atoms with Crippen molar-refractivity contribution < 1.29 is 0 Å². The van der Waals surface area contributed by atoms with Gasteiger partial charge in [-0.3, -0.25) is 0 Å². The Bertz CT molecular complexity index is 550. The van der Waals surface area contributed by atoms with E-state index < -0.39 is 0 Å². The molecule has 0 saturated heterocycles. The second-order valence-electron chi connectivity index (χ2n) is 5.45. The number of allylic oxidation sites excluding steroid dienone is 8. The van der Waals surface area contributed by atoms with Crippen molar-refractivity contribution in [1.82, 2.24) is 4.90 Å². The maximum absolute atomic E-state index is 3.93. The third-order valence-corrected chi connectivity index (χ3v) is 3.49. The van der Waals surface area contributed by atoms with Crippen LogP contribution in [0.25, 0.3) is 0 Å². The van der Waals surface area contributed by atoms with Crippen LogP contribution in [0, 0.1) is 5.92 Å². The first-order valence-electron chi connectivity index (χ1n) is 7.16. The lowest BCUT2D eigenvalue weighted by Crippen LogP contribution is -2.11. The molecule has 1 heteroatoms. The molecular formula is C19H23N. The van der Waals surface area contributed by atoms with Crippen LogP contribution in [0.2, 0.25) is 0 Å². The molecule has 104 valence electrons. The molecule has 0 spiro atoms. The Morgan fingerprint density at radius 3 is 2.75 bits per heavy atom. The molecule has 0 aromatic heterocycles. The van der Waals surface area contributed by atoms with Gasteiger partial charge in [0.05, 0.1) is 0 Å². The monoisotopic (exact) mass is 265 g/mol. The Morgan fingerprint density at radius 2 is 2.10 bits per heavy atom. The molecule has 1 nitrogen and oxygen atoms in total. The van der Waals surface area contributed by atoms with E-state index in [-0.39, 0.29) is 0 Å². The van der Waals surface area contributed by atoms with E-state index in [2.05, 4.69) is 68.4 Å². The van der Waals surface area contributed by atoms with Gasteiger partial charge in [0.15, 0.2) is 0 Å². The molecule has 0 aromatic carbocycles. The van der Waals surface area contributed by atoms with Crippen molar-refractivity contribution in [3.8, 4) is 0 Å². The predicted molar refractivity (Wildman–Crippen MR) is 88.0 cm³/mol. The molecule has 0 radical (unpaired) electrons. The summed E-state index contributed by atoms with van der Waals surface area (Å²) >= 11 is 0. The van der Waals surface area contributed by atoms with Crippen LogP contribution in [0.5, 0.6) is 0 Å². The molecule has 1 heterocycles. The summed E-state index contributed by atoms with van der Waals surface area (Å²) in [4.78, 5) is 2.23. The van der Waals surface area contributed by atoms with Gasteiger partial charge in [0.2, 0.25) is 0 Å². The van der Waals surface area contributed by atoms with E-state index in [4.69, 9.17) is 0 Å². The van der Waals surface area contributed by atoms with Crippen molar-refractivity contribution in [3.63, 3.8) is 0 Å². The lowest BCUT2D eigenvalue weighted by Gasteiger charge is -2.15. The van der Waals surface area contributed by atoms with E-state index in [0.29, 0.717) is 5.92 Å². The normalized spacial score (nSPS) is 20.6. The lowest BCUT2D eigenvalue weighted by molar-refractivity contribution is 0.524. The minimum atomic E-state index is 0.525. The van der Waals surface area contributed by atoms with E-state index in [1.165, 1.54) is 22.4 Å². The molecule has 1 aliphatic carbocycles. The third-order valence-electron chi connectivity index (χ3n) is 3.49. The summed E-state index contributed by atoms with van der Waals surface area (Å²) in [5.41, 5.74) is 5.20. The fourth-order valence-electron chi connectivity index (χ4n) is 2.60. The highest BCUT2D eigenvalue weighted by atomic mass is 15.1. The van der Waals surface area contributed by atoms with Gasteiger partial charge in [-0.05, 0) is 34.9 Å². The maximum atomic E-state index is 3.93. The molecule has 0 bridgehead atoms. The zero-order valence-electron chi connectivity index (χ0n) is 12.5. The van der Waals surface area contributed by atoms with E-state index in [9.17, 15) is 0 Å². The first kappa shape index (κ1) is 14.4. The van der Waals surface area contributed by atoms with Gasteiger partial charge in [-0.25, -0.2) is 0 Å². The summed E-state index contributed by atoms with van der Waals surface area (Å²) in [5, 5.41) is 0. The number of rotatable bonds is 4. The van der Waals surface area contributed by atoms with Gasteiger partial charge in [-0.2, -0.15) is 0 Å². The Balaban J connectivity index is 2.40. The van der Waals surface area contributed by atoms with E-state index in [0.717, 1.165) is 13.0 Å². The molecule has 20 heavy (non-hydrogen) atoms. The average molecular weight is 265 g/mol. The van der Waals surface area contributed by atoms with Gasteiger partial charge in [-0.1, -0.05) is 63.5 Å². The standard InChI is InChI=1S/C19H23N/c1-5-16(12-15(3)4)13-17-14-20(6-2)19-11-9-7-8-10-18(17)19/h5-10,12-13,15H,1-2,11,14H2,3-4H3/b16-12-,17-13+. The first-order chi connectivity index (χ1) is 9.65. The molecule has 0 unspecified atom stereocenters. The highest BCUT2D eigenvalue weighted by molar-refractivity contribution is 5.54. The predicted octanol–water partition coefficient (Wildman–Crippen LogP) is 4.91. The number of nitrogens with zero attached hydrogens (tertiary/aromatic N) is 1. The molecule has 0 saturated carbocycles. The molecule has 2 rings (SSSR count). The molecule has 0 N–H and O–H groups in total. The van der Waals surface area contributed by atoms with Crippen LogP contribution in [0.4, 0.5) is 0 Å². The molecule has 0 fully saturated rings. The van der Waals surface area contributed by atoms with Gasteiger partial charge >= 0.3 is 0 Å². The van der Waals surface area contributed by atoms with Crippen LogP contribution in [-0.4, -0.2) is 11.4 Å². The topological polar surface area (TPSA) is 3.24 Å². The summed E-state index contributed by atoms with van der Waals surface area (Å²) in [7, 11) is 0. The fraction of sp³-hybridized carbons (Fsp3) is 0.263. The van der Waals surface area contributed by atoms with Crippen LogP contribution in [-0.2, 0) is 0 Å². The van der Waals surface area contributed by atoms with Crippen molar-refractivity contribution in [1.29, 1.82) is 0 Å². The van der Waals surface area contributed by atoms with E-state index in [1.54, 1.807) is 0 Å². The number of hydrogen-bond donors (Lipinski definition) is 0. The van der Waals surface area contributed by atoms with Crippen molar-refractivity contribution in [2.45, 2.75) is 20.3 Å². The van der Waals surface area contributed by atoms with Crippen LogP contribution in [0.3, 0.4) is 0 Å². The summed E-state index contributed by atoms with van der Waals surface area (Å²) in [6.07, 6.45) is 17.9. The molecule has 0 amide bonds. The summed E-state index contributed by atoms with van der Waals surface area (Å²) in [6.45, 7) is 13.1. The van der Waals surface area contributed by atoms with Gasteiger partial charge in [0.25, 0.3) is 0 Å². The fourth-order valence-corrected chi connectivity index (χ4v) is 2.60. The second kappa shape index (κ2) is 6.42. The van der Waals surface area contributed by atoms with Crippen LogP contribution < -0.4 is 0 Å². The van der Waals surface area contributed by atoms with Crippen LogP contribution >= 0.6 is 0 Å². The van der Waals surface area contributed by atoms with Gasteiger partial charge < -0.3 is 4.90 Å². The summed E-state index contributed by atoms with van der Waals surface area (Å²) < 4.78 is 0. The first-order valence-corrected chi connectivity index (χ1v) is 7.16. The molecule has 2 aliphatic rings. The van der Waals surface area contributed by atoms with Crippen molar-refractivity contribution in [2.24, 2.45) is 5.92 Å². The van der Waals surface area contributed by atoms with Gasteiger partial charge in [0, 0.05) is 18.7 Å². The summed E-state index contributed by atoms with van der Waals surface area (Å²) in [5.74, 6) is 0.525. The van der Waals surface area contributed by atoms with E-state index in [1.807, 2.05) is 12.3 Å². The average Bonchev–Trinajstić information content (AvgIpc) is 2.61.